The average Bonchev–Trinajstić information content (AvgIpc) is 2.45. The molecule has 3 N–H and O–H groups in total. The fourth-order valence-electron chi connectivity index (χ4n) is 1.01. The van der Waals surface area contributed by atoms with Gasteiger partial charge in [0.2, 0.25) is 0 Å². The molecule has 0 aromatic carbocycles. The number of thiazole rings is 1. The maximum Gasteiger partial charge on any atom is 0.155 e. The van der Waals surface area contributed by atoms with Gasteiger partial charge in [-0.15, -0.1) is 11.3 Å². The summed E-state index contributed by atoms with van der Waals surface area (Å²) in [6.07, 6.45) is 0. The van der Waals surface area contributed by atoms with Crippen molar-refractivity contribution in [2.45, 2.75) is 33.2 Å². The Labute approximate surface area is 88.2 Å². The van der Waals surface area contributed by atoms with E-state index in [1.165, 1.54) is 11.3 Å². The van der Waals surface area contributed by atoms with E-state index in [1.54, 1.807) is 5.51 Å². The highest BCUT2D eigenvalue weighted by atomic mass is 32.1. The number of nitrogens with zero attached hydrogens (tertiary/aromatic N) is 2. The van der Waals surface area contributed by atoms with Crippen LogP contribution >= 0.6 is 11.3 Å². The third-order valence-electron chi connectivity index (χ3n) is 1.54. The maximum absolute atomic E-state index is 5.44. The molecule has 4 nitrogen and oxygen atoms in total. The molecule has 0 atom stereocenters. The average molecular weight is 212 g/mol. The zero-order valence-electron chi connectivity index (χ0n) is 8.96. The Bertz CT molecular complexity index is 335. The lowest BCUT2D eigenvalue weighted by Crippen LogP contribution is -2.33. The summed E-state index contributed by atoms with van der Waals surface area (Å²) in [5, 5.41) is 0. The molecule has 0 amide bonds. The number of hydrogen-bond donors (Lipinski definition) is 2. The molecule has 0 aliphatic heterocycles. The highest BCUT2D eigenvalue weighted by Gasteiger charge is 2.13. The Morgan fingerprint density at radius 3 is 2.57 bits per heavy atom. The van der Waals surface area contributed by atoms with Crippen molar-refractivity contribution in [2.24, 2.45) is 10.8 Å². The van der Waals surface area contributed by atoms with Gasteiger partial charge in [-0.05, 0) is 27.7 Å². The highest BCUT2D eigenvalue weighted by Crippen LogP contribution is 2.15. The molecule has 1 aromatic heterocycles. The quantitative estimate of drug-likeness (QED) is 0.320. The molecule has 0 spiro atoms. The molecule has 0 aliphatic carbocycles. The van der Waals surface area contributed by atoms with Crippen LogP contribution in [0.5, 0.6) is 0 Å². The zero-order chi connectivity index (χ0) is 10.8. The van der Waals surface area contributed by atoms with Crippen LogP contribution in [-0.2, 0) is 0 Å². The Kier molecular flexibility index (Phi) is 3.23. The van der Waals surface area contributed by atoms with Crippen molar-refractivity contribution in [1.82, 2.24) is 10.4 Å². The molecule has 0 fully saturated rings. The van der Waals surface area contributed by atoms with Crippen molar-refractivity contribution in [2.75, 3.05) is 0 Å². The van der Waals surface area contributed by atoms with Gasteiger partial charge in [-0.2, -0.15) is 0 Å². The lowest BCUT2D eigenvalue weighted by molar-refractivity contribution is 0.580. The number of rotatable bonds is 1. The van der Waals surface area contributed by atoms with Crippen molar-refractivity contribution in [3.63, 3.8) is 0 Å². The second kappa shape index (κ2) is 4.06. The minimum Gasteiger partial charge on any atom is -0.308 e. The van der Waals surface area contributed by atoms with E-state index in [1.807, 2.05) is 27.7 Å². The second-order valence-electron chi connectivity index (χ2n) is 4.04. The van der Waals surface area contributed by atoms with Gasteiger partial charge in [-0.1, -0.05) is 0 Å². The molecule has 0 unspecified atom stereocenters. The van der Waals surface area contributed by atoms with Crippen LogP contribution in [0.2, 0.25) is 0 Å². The van der Waals surface area contributed by atoms with Gasteiger partial charge in [0.25, 0.3) is 0 Å². The predicted octanol–water partition coefficient (Wildman–Crippen LogP) is 1.46. The molecular weight excluding hydrogens is 196 g/mol. The van der Waals surface area contributed by atoms with Crippen LogP contribution in [0.25, 0.3) is 0 Å². The van der Waals surface area contributed by atoms with Gasteiger partial charge in [-0.3, -0.25) is 4.99 Å². The number of amidine groups is 1. The smallest absolute Gasteiger partial charge is 0.155 e. The first kappa shape index (κ1) is 11.1. The molecule has 0 saturated heterocycles. The summed E-state index contributed by atoms with van der Waals surface area (Å²) in [4.78, 5) is 9.64. The van der Waals surface area contributed by atoms with Gasteiger partial charge in [0, 0.05) is 0 Å². The lowest BCUT2D eigenvalue weighted by atomic mass is 10.1. The summed E-state index contributed by atoms with van der Waals surface area (Å²) in [7, 11) is 0. The van der Waals surface area contributed by atoms with Crippen molar-refractivity contribution in [3.8, 4) is 0 Å². The summed E-state index contributed by atoms with van der Waals surface area (Å²) in [6.45, 7) is 8.03. The van der Waals surface area contributed by atoms with Crippen molar-refractivity contribution in [3.05, 3.63) is 16.1 Å². The number of hydrogen-bond acceptors (Lipinski definition) is 4. The van der Waals surface area contributed by atoms with E-state index in [4.69, 9.17) is 5.84 Å². The van der Waals surface area contributed by atoms with E-state index < -0.39 is 0 Å². The Morgan fingerprint density at radius 2 is 2.21 bits per heavy atom. The van der Waals surface area contributed by atoms with Crippen molar-refractivity contribution >= 4 is 17.2 Å². The zero-order valence-corrected chi connectivity index (χ0v) is 9.77. The SMILES string of the molecule is Cc1ncsc1C(=NC(C)(C)C)NN. The minimum absolute atomic E-state index is 0.141. The first-order chi connectivity index (χ1) is 6.44. The molecule has 0 aliphatic rings. The van der Waals surface area contributed by atoms with Gasteiger partial charge >= 0.3 is 0 Å². The second-order valence-corrected chi connectivity index (χ2v) is 4.90. The van der Waals surface area contributed by atoms with Gasteiger partial charge in [0.05, 0.1) is 21.6 Å². The number of hydrazine groups is 1. The molecule has 1 aromatic rings. The molecule has 0 bridgehead atoms. The fraction of sp³-hybridized carbons (Fsp3) is 0.556. The monoisotopic (exact) mass is 212 g/mol. The first-order valence-corrected chi connectivity index (χ1v) is 5.29. The molecule has 1 rings (SSSR count). The van der Waals surface area contributed by atoms with Crippen LogP contribution in [0, 0.1) is 6.92 Å². The van der Waals surface area contributed by atoms with E-state index in [9.17, 15) is 0 Å². The van der Waals surface area contributed by atoms with Gasteiger partial charge < -0.3 is 5.43 Å². The Hall–Kier alpha value is -0.940. The summed E-state index contributed by atoms with van der Waals surface area (Å²) in [5.41, 5.74) is 5.23. The van der Waals surface area contributed by atoms with E-state index in [0.717, 1.165) is 10.6 Å². The summed E-state index contributed by atoms with van der Waals surface area (Å²) in [5.74, 6) is 6.14. The van der Waals surface area contributed by atoms with Crippen LogP contribution < -0.4 is 11.3 Å². The lowest BCUT2D eigenvalue weighted by Gasteiger charge is -2.14. The number of aryl methyl sites for hydroxylation is 1. The van der Waals surface area contributed by atoms with E-state index in [0.29, 0.717) is 5.84 Å². The van der Waals surface area contributed by atoms with Crippen molar-refractivity contribution in [1.29, 1.82) is 0 Å². The molecule has 14 heavy (non-hydrogen) atoms. The maximum atomic E-state index is 5.44. The van der Waals surface area contributed by atoms with Crippen LogP contribution in [0.1, 0.15) is 31.3 Å². The first-order valence-electron chi connectivity index (χ1n) is 4.41. The summed E-state index contributed by atoms with van der Waals surface area (Å²) < 4.78 is 0. The standard InChI is InChI=1S/C9H16N4S/c1-6-7(14-5-11-6)8(13-10)12-9(2,3)4/h5H,10H2,1-4H3,(H,12,13). The molecule has 1 heterocycles. The summed E-state index contributed by atoms with van der Waals surface area (Å²) >= 11 is 1.54. The number of aliphatic imine (C=N–C) groups is 1. The van der Waals surface area contributed by atoms with Crippen LogP contribution in [0.3, 0.4) is 0 Å². The number of nitrogens with one attached hydrogen (secondary N) is 1. The largest absolute Gasteiger partial charge is 0.308 e. The van der Waals surface area contributed by atoms with Crippen LogP contribution in [0.4, 0.5) is 0 Å². The highest BCUT2D eigenvalue weighted by molar-refractivity contribution is 7.12. The van der Waals surface area contributed by atoms with E-state index in [-0.39, 0.29) is 5.54 Å². The molecular formula is C9H16N4S. The molecule has 0 saturated carbocycles. The fourth-order valence-corrected chi connectivity index (χ4v) is 1.77. The Balaban J connectivity index is 3.05. The minimum atomic E-state index is -0.141. The van der Waals surface area contributed by atoms with Crippen LogP contribution in [-0.4, -0.2) is 16.4 Å². The van der Waals surface area contributed by atoms with E-state index >= 15 is 0 Å². The molecule has 78 valence electrons. The van der Waals surface area contributed by atoms with Crippen molar-refractivity contribution < 1.29 is 0 Å². The predicted molar refractivity (Wildman–Crippen MR) is 60.5 cm³/mol. The third-order valence-corrected chi connectivity index (χ3v) is 2.48. The molecule has 5 heteroatoms. The number of aromatic nitrogens is 1. The summed E-state index contributed by atoms with van der Waals surface area (Å²) in [6, 6.07) is 0. The topological polar surface area (TPSA) is 63.3 Å². The van der Waals surface area contributed by atoms with Crippen LogP contribution in [0.15, 0.2) is 10.5 Å². The van der Waals surface area contributed by atoms with Gasteiger partial charge in [-0.25, -0.2) is 10.8 Å². The van der Waals surface area contributed by atoms with Gasteiger partial charge in [0.1, 0.15) is 0 Å². The molecule has 0 radical (unpaired) electrons. The third kappa shape index (κ3) is 2.78. The van der Waals surface area contributed by atoms with E-state index in [2.05, 4.69) is 15.4 Å². The van der Waals surface area contributed by atoms with Gasteiger partial charge in [0.15, 0.2) is 5.84 Å². The number of nitrogens with two attached hydrogens (primary N) is 1. The Morgan fingerprint density at radius 1 is 1.57 bits per heavy atom. The normalized spacial score (nSPS) is 13.1.